The largest absolute Gasteiger partial charge is 0.284 e. The second kappa shape index (κ2) is 7.40. The lowest BCUT2D eigenvalue weighted by atomic mass is 9.98. The molecule has 0 aliphatic rings. The highest BCUT2D eigenvalue weighted by Gasteiger charge is 2.16. The van der Waals surface area contributed by atoms with Crippen molar-refractivity contribution in [3.63, 3.8) is 0 Å². The molecule has 0 spiro atoms. The Kier molecular flexibility index (Phi) is 4.68. The number of nitrogens with zero attached hydrogens (tertiary/aromatic N) is 2. The summed E-state index contributed by atoms with van der Waals surface area (Å²) in [6, 6.07) is 17.5. The van der Waals surface area contributed by atoms with E-state index in [9.17, 15) is 12.8 Å². The molecule has 154 valence electrons. The first-order valence-electron chi connectivity index (χ1n) is 9.39. The molecule has 1 N–H and O–H groups in total. The fourth-order valence-electron chi connectivity index (χ4n) is 3.53. The zero-order valence-corrected chi connectivity index (χ0v) is 18.0. The molecule has 31 heavy (non-hydrogen) atoms. The Labute approximate surface area is 182 Å². The fraction of sp³-hybridized carbons (Fsp3) is 0.0435. The maximum atomic E-state index is 13.3. The second-order valence-corrected chi connectivity index (χ2v) is 10.5. The lowest BCUT2D eigenvalue weighted by Gasteiger charge is -2.08. The lowest BCUT2D eigenvalue weighted by Crippen LogP contribution is -1.91. The van der Waals surface area contributed by atoms with Crippen LogP contribution in [0.5, 0.6) is 0 Å². The average Bonchev–Trinajstić information content (AvgIpc) is 3.43. The summed E-state index contributed by atoms with van der Waals surface area (Å²) < 4.78 is 37.5. The van der Waals surface area contributed by atoms with Gasteiger partial charge in [0.15, 0.2) is 9.84 Å². The van der Waals surface area contributed by atoms with Crippen LogP contribution >= 0.6 is 11.3 Å². The minimum absolute atomic E-state index is 0.299. The van der Waals surface area contributed by atoms with E-state index in [1.54, 1.807) is 24.4 Å². The number of hydrogen-bond acceptors (Lipinski definition) is 5. The van der Waals surface area contributed by atoms with Crippen LogP contribution in [0.2, 0.25) is 0 Å². The van der Waals surface area contributed by atoms with E-state index in [0.717, 1.165) is 43.7 Å². The van der Waals surface area contributed by atoms with Gasteiger partial charge >= 0.3 is 0 Å². The Hall–Kier alpha value is -3.36. The molecule has 2 aromatic carbocycles. The van der Waals surface area contributed by atoms with Crippen molar-refractivity contribution in [1.82, 2.24) is 15.2 Å². The Morgan fingerprint density at radius 2 is 1.71 bits per heavy atom. The van der Waals surface area contributed by atoms with Gasteiger partial charge in [0.1, 0.15) is 10.0 Å². The Balaban J connectivity index is 1.65. The van der Waals surface area contributed by atoms with Crippen LogP contribution in [0.15, 0.2) is 77.3 Å². The summed E-state index contributed by atoms with van der Waals surface area (Å²) in [5.41, 5.74) is 5.06. The fourth-order valence-corrected chi connectivity index (χ4v) is 5.50. The molecule has 3 aromatic heterocycles. The zero-order valence-electron chi connectivity index (χ0n) is 16.3. The van der Waals surface area contributed by atoms with Crippen molar-refractivity contribution in [2.24, 2.45) is 0 Å². The first-order valence-corrected chi connectivity index (χ1v) is 12.1. The summed E-state index contributed by atoms with van der Waals surface area (Å²) >= 11 is 1.24. The van der Waals surface area contributed by atoms with Gasteiger partial charge in [-0.2, -0.15) is 5.10 Å². The number of nitrogens with one attached hydrogen (secondary N) is 1. The summed E-state index contributed by atoms with van der Waals surface area (Å²) in [7, 11) is -3.26. The molecular formula is C23H16FN3O2S2. The number of sulfone groups is 1. The normalized spacial score (nSPS) is 11.8. The molecule has 0 amide bonds. The highest BCUT2D eigenvalue weighted by molar-refractivity contribution is 7.92. The van der Waals surface area contributed by atoms with Crippen molar-refractivity contribution in [2.75, 3.05) is 6.26 Å². The smallest absolute Gasteiger partial charge is 0.184 e. The van der Waals surface area contributed by atoms with E-state index in [4.69, 9.17) is 0 Å². The average molecular weight is 450 g/mol. The number of thiophene rings is 1. The summed E-state index contributed by atoms with van der Waals surface area (Å²) in [6.07, 6.45) is 4.74. The van der Waals surface area contributed by atoms with Gasteiger partial charge in [0, 0.05) is 45.6 Å². The minimum atomic E-state index is -3.26. The number of fused-ring (bicyclic) bond motifs is 1. The molecular weight excluding hydrogens is 433 g/mol. The molecule has 0 atom stereocenters. The lowest BCUT2D eigenvalue weighted by molar-refractivity contribution is 0.604. The van der Waals surface area contributed by atoms with E-state index in [0.29, 0.717) is 4.21 Å². The Morgan fingerprint density at radius 3 is 2.45 bits per heavy atom. The molecule has 5 rings (SSSR count). The SMILES string of the molecule is CS(=O)(=O)c1ccc(-c2ccnc3ccc(-c4c[nH]nc4-c4ccc(F)cc4)cc23)s1. The van der Waals surface area contributed by atoms with Crippen LogP contribution in [0.25, 0.3) is 43.7 Å². The summed E-state index contributed by atoms with van der Waals surface area (Å²) in [5, 5.41) is 8.17. The number of rotatable bonds is 4. The monoisotopic (exact) mass is 449 g/mol. The van der Waals surface area contributed by atoms with Crippen molar-refractivity contribution < 1.29 is 12.8 Å². The van der Waals surface area contributed by atoms with Crippen LogP contribution in [0.1, 0.15) is 0 Å². The van der Waals surface area contributed by atoms with Gasteiger partial charge in [-0.05, 0) is 60.2 Å². The number of halogens is 1. The molecule has 0 bridgehead atoms. The number of pyridine rings is 1. The zero-order chi connectivity index (χ0) is 21.6. The predicted octanol–water partition coefficient (Wildman–Crippen LogP) is 5.56. The predicted molar refractivity (Wildman–Crippen MR) is 121 cm³/mol. The molecule has 5 nitrogen and oxygen atoms in total. The summed E-state index contributed by atoms with van der Waals surface area (Å²) in [6.45, 7) is 0. The topological polar surface area (TPSA) is 75.7 Å². The summed E-state index contributed by atoms with van der Waals surface area (Å²) in [4.78, 5) is 5.31. The second-order valence-electron chi connectivity index (χ2n) is 7.14. The quantitative estimate of drug-likeness (QED) is 0.390. The van der Waals surface area contributed by atoms with E-state index in [2.05, 4.69) is 15.2 Å². The third-order valence-electron chi connectivity index (χ3n) is 5.02. The van der Waals surface area contributed by atoms with Crippen molar-refractivity contribution in [3.8, 4) is 32.8 Å². The molecule has 0 aliphatic heterocycles. The molecule has 0 fully saturated rings. The van der Waals surface area contributed by atoms with Gasteiger partial charge in [-0.15, -0.1) is 11.3 Å². The minimum Gasteiger partial charge on any atom is -0.284 e. The number of benzene rings is 2. The van der Waals surface area contributed by atoms with Gasteiger partial charge < -0.3 is 0 Å². The van der Waals surface area contributed by atoms with E-state index in [1.165, 1.54) is 29.7 Å². The number of aromatic amines is 1. The van der Waals surface area contributed by atoms with Gasteiger partial charge in [-0.3, -0.25) is 10.1 Å². The van der Waals surface area contributed by atoms with Gasteiger partial charge in [0.2, 0.25) is 0 Å². The third kappa shape index (κ3) is 3.64. The van der Waals surface area contributed by atoms with Crippen molar-refractivity contribution in [2.45, 2.75) is 4.21 Å². The van der Waals surface area contributed by atoms with Crippen LogP contribution in [0.3, 0.4) is 0 Å². The molecule has 0 unspecified atom stereocenters. The van der Waals surface area contributed by atoms with Gasteiger partial charge in [0.25, 0.3) is 0 Å². The maximum Gasteiger partial charge on any atom is 0.184 e. The van der Waals surface area contributed by atoms with Crippen molar-refractivity contribution >= 4 is 32.1 Å². The van der Waals surface area contributed by atoms with Gasteiger partial charge in [-0.25, -0.2) is 12.8 Å². The van der Waals surface area contributed by atoms with Crippen molar-refractivity contribution in [1.29, 1.82) is 0 Å². The molecule has 0 saturated heterocycles. The molecule has 5 aromatic rings. The van der Waals surface area contributed by atoms with E-state index >= 15 is 0 Å². The Morgan fingerprint density at radius 1 is 0.935 bits per heavy atom. The van der Waals surface area contributed by atoms with Crippen LogP contribution in [-0.2, 0) is 9.84 Å². The maximum absolute atomic E-state index is 13.3. The Bertz CT molecular complexity index is 1520. The van der Waals surface area contributed by atoms with Gasteiger partial charge in [0.05, 0.1) is 11.2 Å². The van der Waals surface area contributed by atoms with Crippen LogP contribution < -0.4 is 0 Å². The molecule has 0 radical (unpaired) electrons. The van der Waals surface area contributed by atoms with Crippen LogP contribution in [0, 0.1) is 5.82 Å². The van der Waals surface area contributed by atoms with E-state index in [1.807, 2.05) is 36.5 Å². The number of aromatic nitrogens is 3. The summed E-state index contributed by atoms with van der Waals surface area (Å²) in [5.74, 6) is -0.299. The molecule has 8 heteroatoms. The number of hydrogen-bond donors (Lipinski definition) is 1. The first kappa shape index (κ1) is 19.6. The molecule has 3 heterocycles. The standard InChI is InChI=1S/C23H16FN3O2S2/c1-31(28,29)22-9-8-21(30-22)17-10-11-25-20-7-4-15(12-18(17)20)19-13-26-27-23(19)14-2-5-16(24)6-3-14/h2-13H,1H3,(H,26,27). The number of H-pyrrole nitrogens is 1. The highest BCUT2D eigenvalue weighted by atomic mass is 32.2. The van der Waals surface area contributed by atoms with Crippen LogP contribution in [-0.4, -0.2) is 29.9 Å². The highest BCUT2D eigenvalue weighted by Crippen LogP contribution is 2.37. The van der Waals surface area contributed by atoms with E-state index in [-0.39, 0.29) is 5.82 Å². The molecule has 0 saturated carbocycles. The van der Waals surface area contributed by atoms with Crippen molar-refractivity contribution in [3.05, 3.63) is 78.9 Å². The first-order chi connectivity index (χ1) is 14.9. The van der Waals surface area contributed by atoms with E-state index < -0.39 is 9.84 Å². The third-order valence-corrected chi connectivity index (χ3v) is 7.96. The van der Waals surface area contributed by atoms with Crippen LogP contribution in [0.4, 0.5) is 4.39 Å². The molecule has 0 aliphatic carbocycles. The van der Waals surface area contributed by atoms with Gasteiger partial charge in [-0.1, -0.05) is 6.07 Å².